The van der Waals surface area contributed by atoms with E-state index in [1.165, 1.54) is 11.3 Å². The maximum Gasteiger partial charge on any atom is 0.237 e. The van der Waals surface area contributed by atoms with E-state index >= 15 is 0 Å². The minimum atomic E-state index is 0.560. The molecule has 0 aliphatic carbocycles. The Morgan fingerprint density at radius 1 is 1.25 bits per heavy atom. The summed E-state index contributed by atoms with van der Waals surface area (Å²) >= 11 is 7.29. The minimum absolute atomic E-state index is 0.560. The Balaban J connectivity index is 2.22. The number of nitrogens with two attached hydrogens (primary N) is 1. The lowest BCUT2D eigenvalue weighted by atomic mass is 10.3. The Morgan fingerprint density at radius 3 is 2.81 bits per heavy atom. The smallest absolute Gasteiger partial charge is 0.237 e. The third-order valence-corrected chi connectivity index (χ3v) is 3.45. The molecule has 0 unspecified atom stereocenters. The van der Waals surface area contributed by atoms with Gasteiger partial charge < -0.3 is 10.2 Å². The van der Waals surface area contributed by atoms with E-state index in [0.29, 0.717) is 27.0 Å². The largest absolute Gasteiger partial charge is 0.435 e. The summed E-state index contributed by atoms with van der Waals surface area (Å²) in [5.41, 5.74) is 7.82. The van der Waals surface area contributed by atoms with Crippen LogP contribution in [0.1, 0.15) is 0 Å². The first kappa shape index (κ1) is 9.69. The van der Waals surface area contributed by atoms with Crippen LogP contribution in [0.15, 0.2) is 34.7 Å². The Hall–Kier alpha value is -1.52. The molecule has 2 N–H and O–H groups in total. The molecule has 0 aliphatic rings. The number of benzene rings is 1. The summed E-state index contributed by atoms with van der Waals surface area (Å²) in [6.07, 6.45) is 0. The van der Waals surface area contributed by atoms with Crippen molar-refractivity contribution in [1.29, 1.82) is 0 Å². The molecule has 16 heavy (non-hydrogen) atoms. The summed E-state index contributed by atoms with van der Waals surface area (Å²) in [4.78, 5) is 5.26. The van der Waals surface area contributed by atoms with Gasteiger partial charge in [0.2, 0.25) is 5.89 Å². The van der Waals surface area contributed by atoms with Crippen molar-refractivity contribution in [1.82, 2.24) is 4.98 Å². The van der Waals surface area contributed by atoms with Gasteiger partial charge in [0.05, 0.1) is 14.9 Å². The van der Waals surface area contributed by atoms with Crippen LogP contribution in [0, 0.1) is 0 Å². The van der Waals surface area contributed by atoms with Gasteiger partial charge >= 0.3 is 0 Å². The summed E-state index contributed by atoms with van der Waals surface area (Å²) in [6, 6.07) is 9.19. The van der Waals surface area contributed by atoms with Crippen LogP contribution in [0.25, 0.3) is 21.9 Å². The number of halogens is 1. The fourth-order valence-corrected chi connectivity index (χ4v) is 2.47. The van der Waals surface area contributed by atoms with E-state index in [0.717, 1.165) is 4.88 Å². The molecule has 5 heteroatoms. The van der Waals surface area contributed by atoms with Gasteiger partial charge in [-0.25, -0.2) is 4.98 Å². The van der Waals surface area contributed by atoms with E-state index in [1.807, 2.05) is 24.3 Å². The average molecular weight is 251 g/mol. The second-order valence-corrected chi connectivity index (χ2v) is 5.03. The molecule has 0 atom stereocenters. The Kier molecular flexibility index (Phi) is 2.12. The molecule has 0 spiro atoms. The highest BCUT2D eigenvalue weighted by molar-refractivity contribution is 7.19. The molecule has 2 aromatic heterocycles. The lowest BCUT2D eigenvalue weighted by Gasteiger charge is -1.89. The molecule has 0 aliphatic heterocycles. The van der Waals surface area contributed by atoms with E-state index < -0.39 is 0 Å². The van der Waals surface area contributed by atoms with Crippen LogP contribution >= 0.6 is 22.9 Å². The van der Waals surface area contributed by atoms with Gasteiger partial charge in [-0.05, 0) is 24.3 Å². The molecular formula is C11H7ClN2OS. The lowest BCUT2D eigenvalue weighted by molar-refractivity contribution is 0.621. The second kappa shape index (κ2) is 3.50. The van der Waals surface area contributed by atoms with Gasteiger partial charge in [-0.1, -0.05) is 17.7 Å². The molecule has 0 radical (unpaired) electrons. The number of anilines is 1. The zero-order valence-corrected chi connectivity index (χ0v) is 9.68. The number of fused-ring (bicyclic) bond motifs is 1. The molecule has 0 bridgehead atoms. The average Bonchev–Trinajstić information content (AvgIpc) is 2.84. The van der Waals surface area contributed by atoms with E-state index in [9.17, 15) is 0 Å². The van der Waals surface area contributed by atoms with Crippen molar-refractivity contribution in [2.75, 3.05) is 5.73 Å². The number of nitrogens with zero attached hydrogens (tertiary/aromatic N) is 1. The van der Waals surface area contributed by atoms with Crippen molar-refractivity contribution in [3.63, 3.8) is 0 Å². The Morgan fingerprint density at radius 2 is 2.12 bits per heavy atom. The fraction of sp³-hybridized carbons (Fsp3) is 0. The normalized spacial score (nSPS) is 11.1. The van der Waals surface area contributed by atoms with Crippen LogP contribution in [0.5, 0.6) is 0 Å². The number of nitrogen functional groups attached to an aromatic ring is 1. The fourth-order valence-electron chi connectivity index (χ4n) is 1.50. The first-order chi connectivity index (χ1) is 7.74. The van der Waals surface area contributed by atoms with Crippen LogP contribution in [-0.2, 0) is 0 Å². The molecule has 0 amide bonds. The standard InChI is InChI=1S/C11H7ClN2OS/c12-9-5-4-8(16-9)11-14-10-6(13)2-1-3-7(10)15-11/h1-5H,13H2. The number of para-hydroxylation sites is 1. The molecule has 1 aromatic carbocycles. The van der Waals surface area contributed by atoms with Gasteiger partial charge in [0.15, 0.2) is 5.58 Å². The number of aromatic nitrogens is 1. The topological polar surface area (TPSA) is 52.0 Å². The first-order valence-corrected chi connectivity index (χ1v) is 5.84. The number of oxazole rings is 1. The van der Waals surface area contributed by atoms with E-state index in [2.05, 4.69) is 4.98 Å². The van der Waals surface area contributed by atoms with Crippen molar-refractivity contribution in [2.24, 2.45) is 0 Å². The van der Waals surface area contributed by atoms with Crippen LogP contribution < -0.4 is 5.73 Å². The molecule has 3 nitrogen and oxygen atoms in total. The number of hydrogen-bond donors (Lipinski definition) is 1. The third kappa shape index (κ3) is 1.47. The van der Waals surface area contributed by atoms with Gasteiger partial charge in [0.25, 0.3) is 0 Å². The van der Waals surface area contributed by atoms with Crippen molar-refractivity contribution in [2.45, 2.75) is 0 Å². The third-order valence-electron chi connectivity index (χ3n) is 2.23. The van der Waals surface area contributed by atoms with Crippen molar-refractivity contribution in [3.05, 3.63) is 34.7 Å². The molecule has 3 rings (SSSR count). The van der Waals surface area contributed by atoms with E-state index in [-0.39, 0.29) is 0 Å². The van der Waals surface area contributed by atoms with Crippen LogP contribution in [-0.4, -0.2) is 4.98 Å². The zero-order valence-electron chi connectivity index (χ0n) is 8.11. The highest BCUT2D eigenvalue weighted by atomic mass is 35.5. The van der Waals surface area contributed by atoms with Gasteiger partial charge in [0, 0.05) is 0 Å². The number of thiophene rings is 1. The molecule has 3 aromatic rings. The summed E-state index contributed by atoms with van der Waals surface area (Å²) in [6.45, 7) is 0. The molecule has 2 heterocycles. The molecule has 0 saturated carbocycles. The first-order valence-electron chi connectivity index (χ1n) is 4.65. The highest BCUT2D eigenvalue weighted by Gasteiger charge is 2.11. The second-order valence-electron chi connectivity index (χ2n) is 3.32. The van der Waals surface area contributed by atoms with Crippen LogP contribution in [0.3, 0.4) is 0 Å². The number of hydrogen-bond acceptors (Lipinski definition) is 4. The summed E-state index contributed by atoms with van der Waals surface area (Å²) < 4.78 is 6.32. The Labute approximate surface area is 100 Å². The number of rotatable bonds is 1. The van der Waals surface area contributed by atoms with Gasteiger partial charge in [0.1, 0.15) is 5.52 Å². The highest BCUT2D eigenvalue weighted by Crippen LogP contribution is 2.33. The molecule has 80 valence electrons. The summed E-state index contributed by atoms with van der Waals surface area (Å²) in [5.74, 6) is 0.560. The van der Waals surface area contributed by atoms with Gasteiger partial charge in [-0.2, -0.15) is 0 Å². The van der Waals surface area contributed by atoms with Crippen molar-refractivity contribution < 1.29 is 4.42 Å². The Bertz CT molecular complexity index is 659. The van der Waals surface area contributed by atoms with E-state index in [4.69, 9.17) is 21.8 Å². The quantitative estimate of drug-likeness (QED) is 0.669. The maximum absolute atomic E-state index is 5.86. The summed E-state index contributed by atoms with van der Waals surface area (Å²) in [5, 5.41) is 0. The maximum atomic E-state index is 5.86. The monoisotopic (exact) mass is 250 g/mol. The molecular weight excluding hydrogens is 244 g/mol. The van der Waals surface area contributed by atoms with Gasteiger partial charge in [-0.3, -0.25) is 0 Å². The summed E-state index contributed by atoms with van der Waals surface area (Å²) in [7, 11) is 0. The van der Waals surface area contributed by atoms with E-state index in [1.54, 1.807) is 6.07 Å². The zero-order chi connectivity index (χ0) is 11.1. The predicted octanol–water partition coefficient (Wildman–Crippen LogP) is 3.79. The van der Waals surface area contributed by atoms with Crippen molar-refractivity contribution >= 4 is 39.7 Å². The molecule has 0 fully saturated rings. The van der Waals surface area contributed by atoms with Crippen LogP contribution in [0.4, 0.5) is 5.69 Å². The van der Waals surface area contributed by atoms with Gasteiger partial charge in [-0.15, -0.1) is 11.3 Å². The molecule has 0 saturated heterocycles. The lowest BCUT2D eigenvalue weighted by Crippen LogP contribution is -1.84. The predicted molar refractivity (Wildman–Crippen MR) is 66.7 cm³/mol. The SMILES string of the molecule is Nc1cccc2oc(-c3ccc(Cl)s3)nc12. The minimum Gasteiger partial charge on any atom is -0.435 e. The van der Waals surface area contributed by atoms with Crippen molar-refractivity contribution in [3.8, 4) is 10.8 Å². The van der Waals surface area contributed by atoms with Crippen LogP contribution in [0.2, 0.25) is 4.34 Å².